The van der Waals surface area contributed by atoms with Crippen LogP contribution in [-0.2, 0) is 6.42 Å². The van der Waals surface area contributed by atoms with E-state index in [2.05, 4.69) is 0 Å². The van der Waals surface area contributed by atoms with Crippen molar-refractivity contribution in [1.82, 2.24) is 4.90 Å². The van der Waals surface area contributed by atoms with Gasteiger partial charge < -0.3 is 15.7 Å². The summed E-state index contributed by atoms with van der Waals surface area (Å²) in [5.74, 6) is 0. The molecule has 0 fully saturated rings. The van der Waals surface area contributed by atoms with Crippen LogP contribution in [0.2, 0.25) is 0 Å². The first-order chi connectivity index (χ1) is 7.09. The molecule has 84 valence electrons. The van der Waals surface area contributed by atoms with Crippen LogP contribution in [0.25, 0.3) is 0 Å². The Morgan fingerprint density at radius 3 is 2.40 bits per heavy atom. The van der Waals surface area contributed by atoms with Gasteiger partial charge in [0.25, 0.3) is 0 Å². The van der Waals surface area contributed by atoms with Gasteiger partial charge in [-0.1, -0.05) is 30.3 Å². The minimum atomic E-state index is -0.472. The molecule has 3 nitrogen and oxygen atoms in total. The van der Waals surface area contributed by atoms with Gasteiger partial charge in [-0.05, 0) is 26.1 Å². The van der Waals surface area contributed by atoms with Gasteiger partial charge in [0.05, 0.1) is 6.10 Å². The average molecular weight is 208 g/mol. The lowest BCUT2D eigenvalue weighted by Crippen LogP contribution is -2.42. The predicted molar refractivity (Wildman–Crippen MR) is 62.7 cm³/mol. The molecule has 0 aliphatic heterocycles. The molecule has 0 amide bonds. The molecule has 0 bridgehead atoms. The molecule has 1 aromatic carbocycles. The highest BCUT2D eigenvalue weighted by Gasteiger charge is 2.15. The Balaban J connectivity index is 2.45. The lowest BCUT2D eigenvalue weighted by atomic mass is 10.0. The number of nitrogens with two attached hydrogens (primary N) is 1. The maximum Gasteiger partial charge on any atom is 0.0820 e. The minimum Gasteiger partial charge on any atom is -0.390 e. The largest absolute Gasteiger partial charge is 0.390 e. The molecule has 0 saturated carbocycles. The normalized spacial score (nSPS) is 15.3. The van der Waals surface area contributed by atoms with Gasteiger partial charge in [-0.2, -0.15) is 0 Å². The highest BCUT2D eigenvalue weighted by atomic mass is 16.3. The van der Waals surface area contributed by atoms with Gasteiger partial charge >= 0.3 is 0 Å². The molecular weight excluding hydrogens is 188 g/mol. The number of hydrogen-bond acceptors (Lipinski definition) is 3. The maximum absolute atomic E-state index is 9.78. The molecule has 0 spiro atoms. The van der Waals surface area contributed by atoms with E-state index >= 15 is 0 Å². The maximum atomic E-state index is 9.78. The van der Waals surface area contributed by atoms with E-state index in [9.17, 15) is 5.11 Å². The number of likely N-dealkylation sites (N-methyl/N-ethyl adjacent to an activating group) is 1. The third-order valence-electron chi connectivity index (χ3n) is 2.36. The molecule has 0 unspecified atom stereocenters. The van der Waals surface area contributed by atoms with E-state index < -0.39 is 6.10 Å². The zero-order valence-electron chi connectivity index (χ0n) is 9.43. The number of aliphatic hydroxyl groups excluding tert-OH is 1. The van der Waals surface area contributed by atoms with Crippen LogP contribution in [0.3, 0.4) is 0 Å². The molecule has 0 aliphatic rings. The van der Waals surface area contributed by atoms with Gasteiger partial charge in [0.2, 0.25) is 0 Å². The number of aliphatic hydroxyl groups is 1. The Labute approximate surface area is 91.5 Å². The minimum absolute atomic E-state index is 0.199. The van der Waals surface area contributed by atoms with E-state index in [1.54, 1.807) is 0 Å². The van der Waals surface area contributed by atoms with Gasteiger partial charge in [0.1, 0.15) is 0 Å². The number of benzene rings is 1. The summed E-state index contributed by atoms with van der Waals surface area (Å²) in [4.78, 5) is 1.94. The summed E-state index contributed by atoms with van der Waals surface area (Å²) in [5, 5.41) is 9.78. The molecule has 0 aromatic heterocycles. The summed E-state index contributed by atoms with van der Waals surface area (Å²) < 4.78 is 0. The topological polar surface area (TPSA) is 49.5 Å². The lowest BCUT2D eigenvalue weighted by Gasteiger charge is -2.22. The SMILES string of the molecule is CN(C)C[C@@H](O)[C@H](N)Cc1ccccc1. The Morgan fingerprint density at radius 2 is 1.87 bits per heavy atom. The monoisotopic (exact) mass is 208 g/mol. The average Bonchev–Trinajstić information content (AvgIpc) is 2.18. The van der Waals surface area contributed by atoms with Gasteiger partial charge in [-0.3, -0.25) is 0 Å². The van der Waals surface area contributed by atoms with E-state index in [-0.39, 0.29) is 6.04 Å². The fourth-order valence-electron chi connectivity index (χ4n) is 1.53. The Bertz CT molecular complexity index is 274. The summed E-state index contributed by atoms with van der Waals surface area (Å²) in [5.41, 5.74) is 7.09. The lowest BCUT2D eigenvalue weighted by molar-refractivity contribution is 0.111. The standard InChI is InChI=1S/C12H20N2O/c1-14(2)9-12(15)11(13)8-10-6-4-3-5-7-10/h3-7,11-12,15H,8-9,13H2,1-2H3/t11-,12-/m1/s1. The van der Waals surface area contributed by atoms with Crippen LogP contribution in [0.4, 0.5) is 0 Å². The van der Waals surface area contributed by atoms with Gasteiger partial charge in [0, 0.05) is 12.6 Å². The van der Waals surface area contributed by atoms with E-state index in [1.165, 1.54) is 5.56 Å². The fraction of sp³-hybridized carbons (Fsp3) is 0.500. The third kappa shape index (κ3) is 4.42. The molecule has 0 radical (unpaired) electrons. The fourth-order valence-corrected chi connectivity index (χ4v) is 1.53. The first-order valence-corrected chi connectivity index (χ1v) is 5.22. The third-order valence-corrected chi connectivity index (χ3v) is 2.36. The first-order valence-electron chi connectivity index (χ1n) is 5.22. The Morgan fingerprint density at radius 1 is 1.27 bits per heavy atom. The second-order valence-corrected chi connectivity index (χ2v) is 4.18. The zero-order chi connectivity index (χ0) is 11.3. The molecule has 2 atom stereocenters. The van der Waals surface area contributed by atoms with Crippen molar-refractivity contribution in [2.45, 2.75) is 18.6 Å². The van der Waals surface area contributed by atoms with E-state index in [0.717, 1.165) is 6.42 Å². The Kier molecular flexibility index (Phi) is 4.75. The predicted octanol–water partition coefficient (Wildman–Crippen LogP) is 0.479. The number of hydrogen-bond donors (Lipinski definition) is 2. The number of rotatable bonds is 5. The van der Waals surface area contributed by atoms with Crippen molar-refractivity contribution in [2.24, 2.45) is 5.73 Å². The van der Waals surface area contributed by atoms with Crippen LogP contribution in [0.5, 0.6) is 0 Å². The molecule has 0 saturated heterocycles. The van der Waals surface area contributed by atoms with Crippen LogP contribution in [0.1, 0.15) is 5.56 Å². The number of nitrogens with zero attached hydrogens (tertiary/aromatic N) is 1. The van der Waals surface area contributed by atoms with Crippen molar-refractivity contribution < 1.29 is 5.11 Å². The van der Waals surface area contributed by atoms with Crippen LogP contribution >= 0.6 is 0 Å². The van der Waals surface area contributed by atoms with E-state index in [1.807, 2.05) is 49.3 Å². The van der Waals surface area contributed by atoms with Crippen molar-refractivity contribution in [2.75, 3.05) is 20.6 Å². The quantitative estimate of drug-likeness (QED) is 0.740. The summed E-state index contributed by atoms with van der Waals surface area (Å²) in [6.07, 6.45) is 0.246. The van der Waals surface area contributed by atoms with Gasteiger partial charge in [-0.15, -0.1) is 0 Å². The van der Waals surface area contributed by atoms with Crippen LogP contribution in [0.15, 0.2) is 30.3 Å². The van der Waals surface area contributed by atoms with E-state index in [0.29, 0.717) is 6.54 Å². The van der Waals surface area contributed by atoms with Gasteiger partial charge in [0.15, 0.2) is 0 Å². The molecule has 3 heteroatoms. The molecule has 0 aliphatic carbocycles. The molecule has 1 rings (SSSR count). The van der Waals surface area contributed by atoms with Crippen LogP contribution < -0.4 is 5.73 Å². The van der Waals surface area contributed by atoms with Gasteiger partial charge in [-0.25, -0.2) is 0 Å². The van der Waals surface area contributed by atoms with Crippen LogP contribution in [-0.4, -0.2) is 42.8 Å². The second kappa shape index (κ2) is 5.85. The van der Waals surface area contributed by atoms with Crippen LogP contribution in [0, 0.1) is 0 Å². The molecule has 3 N–H and O–H groups in total. The zero-order valence-corrected chi connectivity index (χ0v) is 9.43. The molecule has 0 heterocycles. The molecular formula is C12H20N2O. The highest BCUT2D eigenvalue weighted by molar-refractivity contribution is 5.16. The van der Waals surface area contributed by atoms with Crippen molar-refractivity contribution in [1.29, 1.82) is 0 Å². The summed E-state index contributed by atoms with van der Waals surface area (Å²) in [7, 11) is 3.86. The molecule has 15 heavy (non-hydrogen) atoms. The highest BCUT2D eigenvalue weighted by Crippen LogP contribution is 2.04. The van der Waals surface area contributed by atoms with Crippen molar-refractivity contribution in [3.8, 4) is 0 Å². The summed E-state index contributed by atoms with van der Waals surface area (Å²) in [6.45, 7) is 0.605. The van der Waals surface area contributed by atoms with Crippen molar-refractivity contribution in [3.05, 3.63) is 35.9 Å². The Hall–Kier alpha value is -0.900. The summed E-state index contributed by atoms with van der Waals surface area (Å²) >= 11 is 0. The molecule has 1 aromatic rings. The second-order valence-electron chi connectivity index (χ2n) is 4.18. The summed E-state index contributed by atoms with van der Waals surface area (Å²) in [6, 6.07) is 9.81. The van der Waals surface area contributed by atoms with Crippen molar-refractivity contribution >= 4 is 0 Å². The smallest absolute Gasteiger partial charge is 0.0820 e. The van der Waals surface area contributed by atoms with E-state index in [4.69, 9.17) is 5.73 Å². The first kappa shape index (κ1) is 12.2. The van der Waals surface area contributed by atoms with Crippen molar-refractivity contribution in [3.63, 3.8) is 0 Å².